The highest BCUT2D eigenvalue weighted by atomic mass is 16.6. The molecule has 2 N–H and O–H groups in total. The lowest BCUT2D eigenvalue weighted by atomic mass is 9.85. The number of nitrogens with one attached hydrogen (secondary N) is 1. The van der Waals surface area contributed by atoms with Crippen molar-refractivity contribution in [3.8, 4) is 5.75 Å². The first-order valence-electron chi connectivity index (χ1n) is 7.40. The van der Waals surface area contributed by atoms with E-state index in [9.17, 15) is 15.2 Å². The maximum absolute atomic E-state index is 11.2. The fourth-order valence-electron chi connectivity index (χ4n) is 2.90. The Labute approximate surface area is 123 Å². The molecule has 3 rings (SSSR count). The largest absolute Gasteiger partial charge is 0.483 e. The summed E-state index contributed by atoms with van der Waals surface area (Å²) in [5, 5.41) is 24.5. The van der Waals surface area contributed by atoms with Gasteiger partial charge in [0.05, 0.1) is 17.1 Å². The van der Waals surface area contributed by atoms with Crippen LogP contribution >= 0.6 is 0 Å². The van der Waals surface area contributed by atoms with Crippen molar-refractivity contribution >= 4 is 5.69 Å². The maximum atomic E-state index is 11.2. The molecule has 2 atom stereocenters. The van der Waals surface area contributed by atoms with Gasteiger partial charge in [-0.05, 0) is 49.9 Å². The zero-order chi connectivity index (χ0) is 15.0. The quantitative estimate of drug-likeness (QED) is 0.654. The molecule has 0 radical (unpaired) electrons. The second-order valence-corrected chi connectivity index (χ2v) is 5.92. The lowest BCUT2D eigenvalue weighted by molar-refractivity contribution is -0.386. The van der Waals surface area contributed by atoms with E-state index in [4.69, 9.17) is 4.74 Å². The highest BCUT2D eigenvalue weighted by molar-refractivity contribution is 5.53. The third kappa shape index (κ3) is 3.01. The van der Waals surface area contributed by atoms with E-state index >= 15 is 0 Å². The number of piperidine rings is 1. The summed E-state index contributed by atoms with van der Waals surface area (Å²) in [5.41, 5.74) is 1.83. The van der Waals surface area contributed by atoms with Gasteiger partial charge in [0.25, 0.3) is 0 Å². The first-order chi connectivity index (χ1) is 10.1. The molecular formula is C15H20N2O4. The maximum Gasteiger partial charge on any atom is 0.311 e. The lowest BCUT2D eigenvalue weighted by Crippen LogP contribution is -2.39. The number of aliphatic hydroxyl groups excluding tert-OH is 1. The predicted octanol–water partition coefficient (Wildman–Crippen LogP) is 1.88. The predicted molar refractivity (Wildman–Crippen MR) is 77.7 cm³/mol. The van der Waals surface area contributed by atoms with Gasteiger partial charge in [0.1, 0.15) is 0 Å². The van der Waals surface area contributed by atoms with Crippen molar-refractivity contribution in [2.45, 2.75) is 44.3 Å². The van der Waals surface area contributed by atoms with Gasteiger partial charge >= 0.3 is 5.69 Å². The number of benzene rings is 1. The summed E-state index contributed by atoms with van der Waals surface area (Å²) in [5.74, 6) is 0.349. The summed E-state index contributed by atoms with van der Waals surface area (Å²) < 4.78 is 5.70. The molecule has 0 bridgehead atoms. The van der Waals surface area contributed by atoms with Gasteiger partial charge in [0, 0.05) is 18.5 Å². The molecule has 1 aromatic carbocycles. The Morgan fingerprint density at radius 1 is 1.38 bits per heavy atom. The van der Waals surface area contributed by atoms with Crippen LogP contribution in [-0.4, -0.2) is 35.3 Å². The molecular weight excluding hydrogens is 272 g/mol. The Morgan fingerprint density at radius 3 is 2.76 bits per heavy atom. The second-order valence-electron chi connectivity index (χ2n) is 5.92. The first kappa shape index (κ1) is 14.3. The molecule has 2 fully saturated rings. The summed E-state index contributed by atoms with van der Waals surface area (Å²) >= 11 is 0. The Kier molecular flexibility index (Phi) is 3.82. The van der Waals surface area contributed by atoms with Gasteiger partial charge in [0.15, 0.2) is 5.75 Å². The lowest BCUT2D eigenvalue weighted by Gasteiger charge is -2.30. The van der Waals surface area contributed by atoms with E-state index in [0.717, 1.165) is 36.9 Å². The van der Waals surface area contributed by atoms with E-state index in [1.54, 1.807) is 12.1 Å². The van der Waals surface area contributed by atoms with Gasteiger partial charge in [-0.2, -0.15) is 0 Å². The smallest absolute Gasteiger partial charge is 0.311 e. The Morgan fingerprint density at radius 2 is 2.14 bits per heavy atom. The average Bonchev–Trinajstić information content (AvgIpc) is 3.25. The van der Waals surface area contributed by atoms with Gasteiger partial charge in [-0.1, -0.05) is 0 Å². The molecule has 21 heavy (non-hydrogen) atoms. The van der Waals surface area contributed by atoms with E-state index in [0.29, 0.717) is 12.3 Å². The molecule has 114 valence electrons. The molecule has 2 unspecified atom stereocenters. The van der Waals surface area contributed by atoms with E-state index in [1.165, 1.54) is 0 Å². The molecule has 2 aliphatic rings. The van der Waals surface area contributed by atoms with Crippen molar-refractivity contribution < 1.29 is 14.8 Å². The first-order valence-corrected chi connectivity index (χ1v) is 7.40. The summed E-state index contributed by atoms with van der Waals surface area (Å²) in [6.07, 6.45) is 2.37. The molecule has 1 heterocycles. The van der Waals surface area contributed by atoms with Crippen molar-refractivity contribution in [3.05, 3.63) is 33.4 Å². The Hall–Kier alpha value is -1.66. The summed E-state index contributed by atoms with van der Waals surface area (Å²) in [6.45, 7) is 3.26. The van der Waals surface area contributed by atoms with Crippen LogP contribution in [0, 0.1) is 17.0 Å². The molecule has 1 saturated carbocycles. The highest BCUT2D eigenvalue weighted by Gasteiger charge is 2.31. The summed E-state index contributed by atoms with van der Waals surface area (Å²) in [6, 6.07) is 3.34. The number of ether oxygens (including phenoxy) is 1. The second kappa shape index (κ2) is 5.61. The fraction of sp³-hybridized carbons (Fsp3) is 0.600. The standard InChI is InChI=1S/C15H20N2O4/c1-9-6-13(17(19)20)15(21-10-2-3-10)7-12(9)11-4-5-16-8-14(11)18/h6-7,10-11,14,16,18H,2-5,8H2,1H3. The van der Waals surface area contributed by atoms with Gasteiger partial charge in [-0.3, -0.25) is 10.1 Å². The topological polar surface area (TPSA) is 84.6 Å². The number of aliphatic hydroxyl groups is 1. The molecule has 1 saturated heterocycles. The van der Waals surface area contributed by atoms with Crippen LogP contribution in [0.2, 0.25) is 0 Å². The molecule has 1 aliphatic heterocycles. The zero-order valence-electron chi connectivity index (χ0n) is 12.0. The van der Waals surface area contributed by atoms with Gasteiger partial charge in [-0.25, -0.2) is 0 Å². The van der Waals surface area contributed by atoms with Crippen molar-refractivity contribution in [2.24, 2.45) is 0 Å². The third-order valence-corrected chi connectivity index (χ3v) is 4.21. The highest BCUT2D eigenvalue weighted by Crippen LogP contribution is 2.39. The van der Waals surface area contributed by atoms with Crippen LogP contribution in [0.25, 0.3) is 0 Å². The Bertz CT molecular complexity index is 557. The van der Waals surface area contributed by atoms with E-state index in [-0.39, 0.29) is 17.7 Å². The van der Waals surface area contributed by atoms with Crippen molar-refractivity contribution in [1.82, 2.24) is 5.32 Å². The monoisotopic (exact) mass is 292 g/mol. The molecule has 1 aliphatic carbocycles. The molecule has 6 nitrogen and oxygen atoms in total. The van der Waals surface area contributed by atoms with Crippen LogP contribution in [0.1, 0.15) is 36.3 Å². The summed E-state index contributed by atoms with van der Waals surface area (Å²) in [7, 11) is 0. The van der Waals surface area contributed by atoms with E-state index in [2.05, 4.69) is 5.32 Å². The number of nitro groups is 1. The minimum atomic E-state index is -0.465. The van der Waals surface area contributed by atoms with Gasteiger partial charge in [0.2, 0.25) is 0 Å². The zero-order valence-corrected chi connectivity index (χ0v) is 12.0. The number of nitrogens with zero attached hydrogens (tertiary/aromatic N) is 1. The molecule has 0 amide bonds. The average molecular weight is 292 g/mol. The number of hydrogen-bond acceptors (Lipinski definition) is 5. The Balaban J connectivity index is 1.97. The van der Waals surface area contributed by atoms with Crippen LogP contribution in [-0.2, 0) is 0 Å². The van der Waals surface area contributed by atoms with Gasteiger partial charge in [-0.15, -0.1) is 0 Å². The third-order valence-electron chi connectivity index (χ3n) is 4.21. The molecule has 0 aromatic heterocycles. The number of aryl methyl sites for hydroxylation is 1. The molecule has 1 aromatic rings. The summed E-state index contributed by atoms with van der Waals surface area (Å²) in [4.78, 5) is 10.8. The van der Waals surface area contributed by atoms with Crippen molar-refractivity contribution in [2.75, 3.05) is 13.1 Å². The van der Waals surface area contributed by atoms with Crippen LogP contribution < -0.4 is 10.1 Å². The number of nitro benzene ring substituents is 1. The van der Waals surface area contributed by atoms with Crippen LogP contribution in [0.4, 0.5) is 5.69 Å². The van der Waals surface area contributed by atoms with Crippen LogP contribution in [0.5, 0.6) is 5.75 Å². The van der Waals surface area contributed by atoms with Crippen LogP contribution in [0.15, 0.2) is 12.1 Å². The van der Waals surface area contributed by atoms with Crippen molar-refractivity contribution in [3.63, 3.8) is 0 Å². The molecule has 0 spiro atoms. The number of rotatable bonds is 4. The van der Waals surface area contributed by atoms with Gasteiger partial charge < -0.3 is 15.2 Å². The SMILES string of the molecule is Cc1cc([N+](=O)[O-])c(OC2CC2)cc1C1CCNCC1O. The number of β-amino-alcohol motifs (C(OH)–C–C–N with tert-alkyl or cyclic N) is 1. The minimum absolute atomic E-state index is 0.00797. The molecule has 6 heteroatoms. The van der Waals surface area contributed by atoms with Crippen molar-refractivity contribution in [1.29, 1.82) is 0 Å². The minimum Gasteiger partial charge on any atom is -0.483 e. The normalized spacial score (nSPS) is 25.6. The van der Waals surface area contributed by atoms with Crippen LogP contribution in [0.3, 0.4) is 0 Å². The van der Waals surface area contributed by atoms with E-state index in [1.807, 2.05) is 6.92 Å². The fourth-order valence-corrected chi connectivity index (χ4v) is 2.90. The van der Waals surface area contributed by atoms with E-state index < -0.39 is 11.0 Å². The number of hydrogen-bond donors (Lipinski definition) is 2.